The number of aryl methyl sites for hydroxylation is 1. The second kappa shape index (κ2) is 11.1. The van der Waals surface area contributed by atoms with E-state index in [-0.39, 0.29) is 24.2 Å². The van der Waals surface area contributed by atoms with Crippen LogP contribution in [0.25, 0.3) is 0 Å². The largest absolute Gasteiger partial charge is 0.348 e. The fourth-order valence-corrected chi connectivity index (χ4v) is 6.09. The molecule has 0 bridgehead atoms. The van der Waals surface area contributed by atoms with E-state index in [1.165, 1.54) is 0 Å². The Bertz CT molecular complexity index is 1160. The third-order valence-electron chi connectivity index (χ3n) is 4.49. The van der Waals surface area contributed by atoms with Crippen LogP contribution < -0.4 is 10.0 Å². The number of rotatable bonds is 10. The van der Waals surface area contributed by atoms with Crippen LogP contribution in [0.3, 0.4) is 0 Å². The molecular formula is C23H27N3O3S3. The van der Waals surface area contributed by atoms with Gasteiger partial charge in [0, 0.05) is 34.2 Å². The van der Waals surface area contributed by atoms with E-state index in [1.807, 2.05) is 31.2 Å². The Balaban J connectivity index is 1.57. The summed E-state index contributed by atoms with van der Waals surface area (Å²) in [6.07, 6.45) is 0. The lowest BCUT2D eigenvalue weighted by atomic mass is 10.1. The van der Waals surface area contributed by atoms with Crippen molar-refractivity contribution in [3.8, 4) is 0 Å². The molecule has 3 aromatic rings. The Labute approximate surface area is 197 Å². The number of benzene rings is 2. The van der Waals surface area contributed by atoms with Gasteiger partial charge in [-0.25, -0.2) is 18.1 Å². The van der Waals surface area contributed by atoms with E-state index < -0.39 is 10.0 Å². The molecule has 9 heteroatoms. The summed E-state index contributed by atoms with van der Waals surface area (Å²) in [6.45, 7) is 5.82. The van der Waals surface area contributed by atoms with E-state index in [0.717, 1.165) is 26.9 Å². The van der Waals surface area contributed by atoms with Crippen molar-refractivity contribution in [2.75, 3.05) is 0 Å². The van der Waals surface area contributed by atoms with Crippen LogP contribution in [0, 0.1) is 6.92 Å². The molecule has 1 heterocycles. The topological polar surface area (TPSA) is 88.2 Å². The molecule has 0 aliphatic carbocycles. The number of carbonyl (C=O) groups is 1. The third kappa shape index (κ3) is 7.44. The minimum absolute atomic E-state index is 0.123. The number of thioether (sulfide) groups is 1. The molecule has 2 N–H and O–H groups in total. The normalized spacial score (nSPS) is 11.6. The first-order valence-electron chi connectivity index (χ1n) is 10.2. The molecule has 0 unspecified atom stereocenters. The van der Waals surface area contributed by atoms with Crippen molar-refractivity contribution in [3.63, 3.8) is 0 Å². The number of hydrogen-bond acceptors (Lipinski definition) is 6. The number of thiazole rings is 1. The van der Waals surface area contributed by atoms with Crippen molar-refractivity contribution in [2.45, 2.75) is 49.8 Å². The molecule has 0 saturated heterocycles. The maximum atomic E-state index is 12.6. The van der Waals surface area contributed by atoms with Crippen molar-refractivity contribution in [3.05, 3.63) is 81.3 Å². The molecule has 0 aliphatic heterocycles. The van der Waals surface area contributed by atoms with Crippen molar-refractivity contribution in [1.82, 2.24) is 15.0 Å². The first kappa shape index (κ1) is 24.4. The Morgan fingerprint density at radius 3 is 2.41 bits per heavy atom. The van der Waals surface area contributed by atoms with E-state index in [9.17, 15) is 13.2 Å². The summed E-state index contributed by atoms with van der Waals surface area (Å²) in [7, 11) is -3.45. The summed E-state index contributed by atoms with van der Waals surface area (Å²) in [6, 6.07) is 14.5. The maximum Gasteiger partial charge on any atom is 0.251 e. The van der Waals surface area contributed by atoms with E-state index in [4.69, 9.17) is 0 Å². The van der Waals surface area contributed by atoms with Crippen LogP contribution in [0.2, 0.25) is 0 Å². The maximum absolute atomic E-state index is 12.6. The van der Waals surface area contributed by atoms with Gasteiger partial charge in [0.05, 0.1) is 16.5 Å². The van der Waals surface area contributed by atoms with Gasteiger partial charge in [0.2, 0.25) is 10.0 Å². The summed E-state index contributed by atoms with van der Waals surface area (Å²) < 4.78 is 27.2. The Kier molecular flexibility index (Phi) is 8.47. The molecule has 32 heavy (non-hydrogen) atoms. The highest BCUT2D eigenvalue weighted by Crippen LogP contribution is 2.24. The summed E-state index contributed by atoms with van der Waals surface area (Å²) in [5.74, 6) is 0.470. The molecule has 0 radical (unpaired) electrons. The van der Waals surface area contributed by atoms with Gasteiger partial charge in [-0.15, -0.1) is 23.1 Å². The first-order valence-corrected chi connectivity index (χ1v) is 13.7. The Morgan fingerprint density at radius 2 is 1.78 bits per heavy atom. The van der Waals surface area contributed by atoms with E-state index in [1.54, 1.807) is 61.2 Å². The van der Waals surface area contributed by atoms with Gasteiger partial charge in [0.1, 0.15) is 0 Å². The molecule has 0 fully saturated rings. The van der Waals surface area contributed by atoms with E-state index in [0.29, 0.717) is 11.1 Å². The molecule has 0 saturated carbocycles. The number of nitrogens with zero attached hydrogens (tertiary/aromatic N) is 1. The van der Waals surface area contributed by atoms with E-state index in [2.05, 4.69) is 20.4 Å². The van der Waals surface area contributed by atoms with Crippen LogP contribution in [-0.4, -0.2) is 25.4 Å². The lowest BCUT2D eigenvalue weighted by Gasteiger charge is -2.13. The van der Waals surface area contributed by atoms with Gasteiger partial charge >= 0.3 is 0 Å². The monoisotopic (exact) mass is 489 g/mol. The SMILES string of the molecule is Cc1nc(CSc2ccc(C(=O)NCc3ccccc3CS(=O)(=O)NC(C)C)cc2)cs1. The molecule has 0 spiro atoms. The highest BCUT2D eigenvalue weighted by atomic mass is 32.2. The number of hydrogen-bond donors (Lipinski definition) is 2. The zero-order valence-electron chi connectivity index (χ0n) is 18.3. The Hall–Kier alpha value is -2.20. The second-order valence-electron chi connectivity index (χ2n) is 7.65. The molecule has 3 rings (SSSR count). The number of amides is 1. The summed E-state index contributed by atoms with van der Waals surface area (Å²) in [5, 5.41) is 6.01. The fraction of sp³-hybridized carbons (Fsp3) is 0.304. The van der Waals surface area contributed by atoms with Crippen LogP contribution in [0.1, 0.15) is 46.0 Å². The van der Waals surface area contributed by atoms with Gasteiger partial charge < -0.3 is 5.32 Å². The summed E-state index contributed by atoms with van der Waals surface area (Å²) in [4.78, 5) is 18.1. The minimum atomic E-state index is -3.45. The van der Waals surface area contributed by atoms with Gasteiger partial charge in [-0.2, -0.15) is 0 Å². The second-order valence-corrected chi connectivity index (χ2v) is 11.5. The molecule has 1 aromatic heterocycles. The molecule has 0 aliphatic rings. The fourth-order valence-electron chi connectivity index (χ4n) is 3.09. The highest BCUT2D eigenvalue weighted by molar-refractivity contribution is 7.98. The summed E-state index contributed by atoms with van der Waals surface area (Å²) >= 11 is 3.32. The molecule has 170 valence electrons. The van der Waals surface area contributed by atoms with Crippen LogP contribution in [-0.2, 0) is 28.1 Å². The first-order chi connectivity index (χ1) is 15.2. The summed E-state index contributed by atoms with van der Waals surface area (Å²) in [5.41, 5.74) is 3.07. The quantitative estimate of drug-likeness (QED) is 0.409. The predicted molar refractivity (Wildman–Crippen MR) is 131 cm³/mol. The van der Waals surface area contributed by atoms with Gasteiger partial charge in [0.15, 0.2) is 0 Å². The third-order valence-corrected chi connectivity index (χ3v) is 7.88. The number of carbonyl (C=O) groups excluding carboxylic acids is 1. The average Bonchev–Trinajstić information content (AvgIpc) is 3.15. The highest BCUT2D eigenvalue weighted by Gasteiger charge is 2.16. The van der Waals surface area contributed by atoms with E-state index >= 15 is 0 Å². The van der Waals surface area contributed by atoms with Crippen molar-refractivity contribution < 1.29 is 13.2 Å². The van der Waals surface area contributed by atoms with Crippen molar-refractivity contribution in [2.24, 2.45) is 0 Å². The van der Waals surface area contributed by atoms with Gasteiger partial charge in [0.25, 0.3) is 5.91 Å². The average molecular weight is 490 g/mol. The predicted octanol–water partition coefficient (Wildman–Crippen LogP) is 4.50. The van der Waals surface area contributed by atoms with Crippen LogP contribution in [0.4, 0.5) is 0 Å². The molecule has 0 atom stereocenters. The Morgan fingerprint density at radius 1 is 1.09 bits per heavy atom. The zero-order chi connectivity index (χ0) is 23.1. The number of nitrogens with one attached hydrogen (secondary N) is 2. The van der Waals surface area contributed by atoms with Crippen molar-refractivity contribution >= 4 is 39.0 Å². The molecular weight excluding hydrogens is 462 g/mol. The lowest BCUT2D eigenvalue weighted by molar-refractivity contribution is 0.0951. The standard InChI is InChI=1S/C23H27N3O3S3/c1-16(2)26-32(28,29)15-20-7-5-4-6-19(20)12-24-23(27)18-8-10-22(11-9-18)31-14-21-13-30-17(3)25-21/h4-11,13,16,26H,12,14-15H2,1-3H3,(H,24,27). The molecule has 2 aromatic carbocycles. The zero-order valence-corrected chi connectivity index (χ0v) is 20.7. The molecule has 1 amide bonds. The van der Waals surface area contributed by atoms with Crippen LogP contribution in [0.5, 0.6) is 0 Å². The van der Waals surface area contributed by atoms with Gasteiger partial charge in [-0.3, -0.25) is 4.79 Å². The number of aromatic nitrogens is 1. The smallest absolute Gasteiger partial charge is 0.251 e. The van der Waals surface area contributed by atoms with Crippen LogP contribution in [0.15, 0.2) is 58.8 Å². The lowest BCUT2D eigenvalue weighted by Crippen LogP contribution is -2.31. The van der Waals surface area contributed by atoms with Gasteiger partial charge in [-0.05, 0) is 56.2 Å². The van der Waals surface area contributed by atoms with Gasteiger partial charge in [-0.1, -0.05) is 24.3 Å². The molecule has 6 nitrogen and oxygen atoms in total. The minimum Gasteiger partial charge on any atom is -0.348 e. The van der Waals surface area contributed by atoms with Crippen LogP contribution >= 0.6 is 23.1 Å². The number of sulfonamides is 1. The van der Waals surface area contributed by atoms with Crippen molar-refractivity contribution in [1.29, 1.82) is 0 Å².